The molecule has 6 nitrogen and oxygen atoms in total. The summed E-state index contributed by atoms with van der Waals surface area (Å²) in [5.74, 6) is 0.946. The zero-order chi connectivity index (χ0) is 17.1. The van der Waals surface area contributed by atoms with Gasteiger partial charge in [-0.3, -0.25) is 9.78 Å². The minimum absolute atomic E-state index is 0.219. The fourth-order valence-electron chi connectivity index (χ4n) is 2.89. The SMILES string of the molecule is CC(C)c1nc(-c2cccnc2)cc(N2CCC(C(=O)O)CC2)n1. The Labute approximate surface area is 141 Å². The highest BCUT2D eigenvalue weighted by atomic mass is 16.4. The van der Waals surface area contributed by atoms with Gasteiger partial charge in [-0.15, -0.1) is 0 Å². The Morgan fingerprint density at radius 2 is 2.04 bits per heavy atom. The van der Waals surface area contributed by atoms with Crippen molar-refractivity contribution in [3.8, 4) is 11.3 Å². The molecule has 0 radical (unpaired) electrons. The average molecular weight is 326 g/mol. The Balaban J connectivity index is 1.90. The predicted octanol–water partition coefficient (Wildman–Crippen LogP) is 2.96. The molecule has 0 aliphatic carbocycles. The second kappa shape index (κ2) is 6.95. The van der Waals surface area contributed by atoms with E-state index in [0.29, 0.717) is 25.9 Å². The summed E-state index contributed by atoms with van der Waals surface area (Å²) >= 11 is 0. The van der Waals surface area contributed by atoms with Gasteiger partial charge in [0.1, 0.15) is 11.6 Å². The van der Waals surface area contributed by atoms with E-state index in [1.165, 1.54) is 0 Å². The van der Waals surface area contributed by atoms with Crippen LogP contribution in [-0.2, 0) is 4.79 Å². The second-order valence-corrected chi connectivity index (χ2v) is 6.47. The highest BCUT2D eigenvalue weighted by Crippen LogP contribution is 2.27. The molecule has 1 N–H and O–H groups in total. The number of aliphatic carboxylic acids is 1. The van der Waals surface area contributed by atoms with E-state index in [0.717, 1.165) is 22.9 Å². The van der Waals surface area contributed by atoms with Crippen molar-refractivity contribution in [1.82, 2.24) is 15.0 Å². The van der Waals surface area contributed by atoms with Crippen LogP contribution in [0.1, 0.15) is 38.4 Å². The van der Waals surface area contributed by atoms with Crippen molar-refractivity contribution >= 4 is 11.8 Å². The van der Waals surface area contributed by atoms with Gasteiger partial charge in [0.05, 0.1) is 11.6 Å². The lowest BCUT2D eigenvalue weighted by Gasteiger charge is -2.31. The molecule has 0 spiro atoms. The number of anilines is 1. The molecule has 126 valence electrons. The molecule has 0 amide bonds. The molecule has 1 fully saturated rings. The topological polar surface area (TPSA) is 79.2 Å². The zero-order valence-electron chi connectivity index (χ0n) is 14.0. The van der Waals surface area contributed by atoms with E-state index in [-0.39, 0.29) is 11.8 Å². The number of carbonyl (C=O) groups is 1. The van der Waals surface area contributed by atoms with E-state index in [4.69, 9.17) is 10.1 Å². The fraction of sp³-hybridized carbons (Fsp3) is 0.444. The van der Waals surface area contributed by atoms with Crippen molar-refractivity contribution in [3.63, 3.8) is 0 Å². The third-order valence-electron chi connectivity index (χ3n) is 4.37. The lowest BCUT2D eigenvalue weighted by atomic mass is 9.97. The van der Waals surface area contributed by atoms with E-state index in [1.54, 1.807) is 12.4 Å². The minimum atomic E-state index is -0.698. The van der Waals surface area contributed by atoms with Crippen molar-refractivity contribution in [2.45, 2.75) is 32.6 Å². The van der Waals surface area contributed by atoms with Crippen LogP contribution < -0.4 is 4.90 Å². The van der Waals surface area contributed by atoms with Gasteiger partial charge in [-0.2, -0.15) is 0 Å². The standard InChI is InChI=1S/C18H22N4O2/c1-12(2)17-20-15(14-4-3-7-19-11-14)10-16(21-17)22-8-5-13(6-9-22)18(23)24/h3-4,7,10-13H,5-6,8-9H2,1-2H3,(H,23,24). The van der Waals surface area contributed by atoms with Crippen molar-refractivity contribution < 1.29 is 9.90 Å². The Kier molecular flexibility index (Phi) is 4.74. The van der Waals surface area contributed by atoms with E-state index in [1.807, 2.05) is 18.2 Å². The summed E-state index contributed by atoms with van der Waals surface area (Å²) < 4.78 is 0. The summed E-state index contributed by atoms with van der Waals surface area (Å²) in [6.07, 6.45) is 4.84. The molecule has 0 unspecified atom stereocenters. The predicted molar refractivity (Wildman–Crippen MR) is 91.9 cm³/mol. The molecule has 0 bridgehead atoms. The zero-order valence-corrected chi connectivity index (χ0v) is 14.0. The molecule has 1 saturated heterocycles. The number of carboxylic acid groups (broad SMARTS) is 1. The van der Waals surface area contributed by atoms with Gasteiger partial charge in [0.2, 0.25) is 0 Å². The van der Waals surface area contributed by atoms with Crippen LogP contribution in [0, 0.1) is 5.92 Å². The third kappa shape index (κ3) is 3.53. The molecule has 0 atom stereocenters. The number of nitrogens with zero attached hydrogens (tertiary/aromatic N) is 4. The van der Waals surface area contributed by atoms with Gasteiger partial charge in [-0.1, -0.05) is 13.8 Å². The molecular weight excluding hydrogens is 304 g/mol. The first-order chi connectivity index (χ1) is 11.5. The second-order valence-electron chi connectivity index (χ2n) is 6.47. The van der Waals surface area contributed by atoms with Crippen LogP contribution in [0.15, 0.2) is 30.6 Å². The van der Waals surface area contributed by atoms with Gasteiger partial charge in [0.25, 0.3) is 0 Å². The number of carboxylic acids is 1. The number of rotatable bonds is 4. The molecule has 2 aromatic heterocycles. The molecule has 2 aromatic rings. The monoisotopic (exact) mass is 326 g/mol. The first kappa shape index (κ1) is 16.4. The summed E-state index contributed by atoms with van der Waals surface area (Å²) in [6, 6.07) is 5.86. The first-order valence-corrected chi connectivity index (χ1v) is 8.31. The van der Waals surface area contributed by atoms with Crippen molar-refractivity contribution in [2.24, 2.45) is 5.92 Å². The summed E-state index contributed by atoms with van der Waals surface area (Å²) in [6.45, 7) is 5.56. The van der Waals surface area contributed by atoms with Gasteiger partial charge in [-0.05, 0) is 25.0 Å². The average Bonchev–Trinajstić information content (AvgIpc) is 2.62. The number of aromatic nitrogens is 3. The van der Waals surface area contributed by atoms with Crippen LogP contribution in [0.2, 0.25) is 0 Å². The largest absolute Gasteiger partial charge is 0.481 e. The molecule has 0 aromatic carbocycles. The van der Waals surface area contributed by atoms with Crippen LogP contribution in [0.25, 0.3) is 11.3 Å². The van der Waals surface area contributed by atoms with Gasteiger partial charge in [-0.25, -0.2) is 9.97 Å². The molecule has 6 heteroatoms. The molecular formula is C18H22N4O2. The Morgan fingerprint density at radius 1 is 1.29 bits per heavy atom. The maximum absolute atomic E-state index is 11.1. The third-order valence-corrected chi connectivity index (χ3v) is 4.37. The van der Waals surface area contributed by atoms with Crippen LogP contribution in [-0.4, -0.2) is 39.1 Å². The molecule has 3 rings (SSSR count). The van der Waals surface area contributed by atoms with Crippen LogP contribution in [0.3, 0.4) is 0 Å². The van der Waals surface area contributed by atoms with Crippen LogP contribution in [0.5, 0.6) is 0 Å². The Hall–Kier alpha value is -2.50. The van der Waals surface area contributed by atoms with Gasteiger partial charge in [0.15, 0.2) is 0 Å². The smallest absolute Gasteiger partial charge is 0.306 e. The maximum Gasteiger partial charge on any atom is 0.306 e. The Morgan fingerprint density at radius 3 is 2.62 bits per heavy atom. The van der Waals surface area contributed by atoms with Gasteiger partial charge >= 0.3 is 5.97 Å². The number of piperidine rings is 1. The lowest BCUT2D eigenvalue weighted by Crippen LogP contribution is -2.37. The lowest BCUT2D eigenvalue weighted by molar-refractivity contribution is -0.142. The van der Waals surface area contributed by atoms with Crippen LogP contribution >= 0.6 is 0 Å². The summed E-state index contributed by atoms with van der Waals surface area (Å²) in [4.78, 5) is 26.8. The van der Waals surface area contributed by atoms with E-state index >= 15 is 0 Å². The number of hydrogen-bond acceptors (Lipinski definition) is 5. The van der Waals surface area contributed by atoms with Crippen molar-refractivity contribution in [3.05, 3.63) is 36.4 Å². The van der Waals surface area contributed by atoms with Crippen molar-refractivity contribution in [2.75, 3.05) is 18.0 Å². The highest BCUT2D eigenvalue weighted by molar-refractivity contribution is 5.70. The molecule has 0 saturated carbocycles. The summed E-state index contributed by atoms with van der Waals surface area (Å²) in [5.41, 5.74) is 1.82. The highest BCUT2D eigenvalue weighted by Gasteiger charge is 2.25. The normalized spacial score (nSPS) is 15.7. The maximum atomic E-state index is 11.1. The Bertz CT molecular complexity index is 710. The first-order valence-electron chi connectivity index (χ1n) is 8.31. The van der Waals surface area contributed by atoms with E-state index in [2.05, 4.69) is 28.7 Å². The number of hydrogen-bond donors (Lipinski definition) is 1. The summed E-state index contributed by atoms with van der Waals surface area (Å²) in [5, 5.41) is 9.15. The van der Waals surface area contributed by atoms with Crippen molar-refractivity contribution in [1.29, 1.82) is 0 Å². The minimum Gasteiger partial charge on any atom is -0.481 e. The van der Waals surface area contributed by atoms with Crippen LogP contribution in [0.4, 0.5) is 5.82 Å². The molecule has 1 aliphatic rings. The molecule has 1 aliphatic heterocycles. The molecule has 24 heavy (non-hydrogen) atoms. The molecule has 3 heterocycles. The van der Waals surface area contributed by atoms with Gasteiger partial charge < -0.3 is 10.0 Å². The number of pyridine rings is 1. The fourth-order valence-corrected chi connectivity index (χ4v) is 2.89. The van der Waals surface area contributed by atoms with E-state index in [9.17, 15) is 4.79 Å². The summed E-state index contributed by atoms with van der Waals surface area (Å²) in [7, 11) is 0. The van der Waals surface area contributed by atoms with Gasteiger partial charge in [0, 0.05) is 43.0 Å². The quantitative estimate of drug-likeness (QED) is 0.930. The van der Waals surface area contributed by atoms with E-state index < -0.39 is 5.97 Å².